The van der Waals surface area contributed by atoms with Crippen LogP contribution in [0.15, 0.2) is 23.1 Å². The van der Waals surface area contributed by atoms with Crippen LogP contribution in [0.5, 0.6) is 0 Å². The number of fused-ring (bicyclic) bond motifs is 1. The number of hydrogen-bond donors (Lipinski definition) is 1. The third-order valence-electron chi connectivity index (χ3n) is 4.92. The Morgan fingerprint density at radius 2 is 1.64 bits per heavy atom. The Morgan fingerprint density at radius 1 is 1.09 bits per heavy atom. The van der Waals surface area contributed by atoms with Crippen LogP contribution >= 0.6 is 0 Å². The monoisotopic (exact) mass is 324 g/mol. The topological polar surface area (TPSA) is 72.8 Å². The van der Waals surface area contributed by atoms with E-state index in [4.69, 9.17) is 9.31 Å². The van der Waals surface area contributed by atoms with Crippen molar-refractivity contribution in [2.24, 2.45) is 0 Å². The van der Waals surface area contributed by atoms with Gasteiger partial charge in [0.1, 0.15) is 5.60 Å². The van der Waals surface area contributed by atoms with Gasteiger partial charge in [0.2, 0.25) is 0 Å². The van der Waals surface area contributed by atoms with Crippen molar-refractivity contribution in [1.82, 2.24) is 0 Å². The summed E-state index contributed by atoms with van der Waals surface area (Å²) in [6.07, 6.45) is 0. The molecule has 120 valence electrons. The molecule has 0 aromatic heterocycles. The summed E-state index contributed by atoms with van der Waals surface area (Å²) in [5, 5.41) is 10.3. The summed E-state index contributed by atoms with van der Waals surface area (Å²) in [4.78, 5) is 0.171. The Hall–Kier alpha value is -0.885. The largest absolute Gasteiger partial charge is 0.494 e. The highest BCUT2D eigenvalue weighted by Gasteiger charge is 2.52. The highest BCUT2D eigenvalue weighted by molar-refractivity contribution is 7.91. The quantitative estimate of drug-likeness (QED) is 0.780. The molecule has 0 radical (unpaired) electrons. The first-order valence-corrected chi connectivity index (χ1v) is 8.96. The van der Waals surface area contributed by atoms with Crippen molar-refractivity contribution in [2.75, 3.05) is 5.75 Å². The fourth-order valence-corrected chi connectivity index (χ4v) is 4.88. The van der Waals surface area contributed by atoms with E-state index in [0.29, 0.717) is 11.0 Å². The number of benzene rings is 1. The molecule has 1 fully saturated rings. The van der Waals surface area contributed by atoms with Crippen molar-refractivity contribution >= 4 is 22.4 Å². The van der Waals surface area contributed by atoms with E-state index in [1.54, 1.807) is 18.2 Å². The minimum absolute atomic E-state index is 0.171. The van der Waals surface area contributed by atoms with E-state index in [-0.39, 0.29) is 10.6 Å². The number of rotatable bonds is 1. The van der Waals surface area contributed by atoms with E-state index in [2.05, 4.69) is 0 Å². The van der Waals surface area contributed by atoms with Gasteiger partial charge in [-0.3, -0.25) is 0 Å². The van der Waals surface area contributed by atoms with Crippen molar-refractivity contribution in [3.63, 3.8) is 0 Å². The second-order valence-electron chi connectivity index (χ2n) is 7.38. The third kappa shape index (κ3) is 2.22. The summed E-state index contributed by atoms with van der Waals surface area (Å²) >= 11 is 0. The Bertz CT molecular complexity index is 720. The van der Waals surface area contributed by atoms with Crippen molar-refractivity contribution in [3.05, 3.63) is 23.8 Å². The van der Waals surface area contributed by atoms with Crippen LogP contribution in [-0.2, 0) is 24.7 Å². The Labute approximate surface area is 131 Å². The number of hydrogen-bond acceptors (Lipinski definition) is 5. The smallest absolute Gasteiger partial charge is 0.399 e. The molecule has 0 amide bonds. The molecule has 1 unspecified atom stereocenters. The van der Waals surface area contributed by atoms with Crippen LogP contribution in [-0.4, -0.2) is 37.6 Å². The zero-order valence-corrected chi connectivity index (χ0v) is 14.3. The summed E-state index contributed by atoms with van der Waals surface area (Å²) in [5.74, 6) is -0.290. The van der Waals surface area contributed by atoms with Gasteiger partial charge in [-0.25, -0.2) is 8.42 Å². The molecule has 1 aromatic carbocycles. The van der Waals surface area contributed by atoms with Crippen molar-refractivity contribution in [2.45, 2.75) is 56.3 Å². The molecule has 2 aliphatic rings. The Balaban J connectivity index is 2.04. The normalized spacial score (nSPS) is 31.3. The lowest BCUT2D eigenvalue weighted by molar-refractivity contribution is 0.00578. The molecule has 1 saturated heterocycles. The lowest BCUT2D eigenvalue weighted by atomic mass is 9.78. The van der Waals surface area contributed by atoms with Crippen molar-refractivity contribution < 1.29 is 22.8 Å². The number of sulfone groups is 1. The Kier molecular flexibility index (Phi) is 3.16. The van der Waals surface area contributed by atoms with E-state index < -0.39 is 33.8 Å². The van der Waals surface area contributed by atoms with E-state index in [1.165, 1.54) is 6.92 Å². The molecule has 0 aliphatic carbocycles. The average molecular weight is 324 g/mol. The maximum absolute atomic E-state index is 12.2. The standard InChI is InChI=1S/C15H21BO5S/c1-13(2)14(3,4)21-16(20-13)10-6-7-11-12(8-10)22(18,19)9-15(11,5)17/h6-8,17H,9H2,1-5H3. The second-order valence-corrected chi connectivity index (χ2v) is 9.33. The lowest BCUT2D eigenvalue weighted by Crippen LogP contribution is -2.41. The molecule has 22 heavy (non-hydrogen) atoms. The summed E-state index contributed by atoms with van der Waals surface area (Å²) < 4.78 is 36.4. The number of aliphatic hydroxyl groups is 1. The summed E-state index contributed by atoms with van der Waals surface area (Å²) in [7, 11) is -4.10. The van der Waals surface area contributed by atoms with Crippen LogP contribution in [0.25, 0.3) is 0 Å². The predicted octanol–water partition coefficient (Wildman–Crippen LogP) is 0.981. The van der Waals surface area contributed by atoms with Gasteiger partial charge in [-0.05, 0) is 46.1 Å². The van der Waals surface area contributed by atoms with Gasteiger partial charge in [-0.2, -0.15) is 0 Å². The Morgan fingerprint density at radius 3 is 2.18 bits per heavy atom. The molecule has 3 rings (SSSR count). The molecular formula is C15H21BO5S. The first-order valence-electron chi connectivity index (χ1n) is 7.31. The zero-order valence-electron chi connectivity index (χ0n) is 13.5. The fraction of sp³-hybridized carbons (Fsp3) is 0.600. The molecule has 5 nitrogen and oxygen atoms in total. The average Bonchev–Trinajstić information content (AvgIpc) is 2.67. The minimum Gasteiger partial charge on any atom is -0.399 e. The second kappa shape index (κ2) is 4.35. The maximum atomic E-state index is 12.2. The maximum Gasteiger partial charge on any atom is 0.494 e. The van der Waals surface area contributed by atoms with E-state index >= 15 is 0 Å². The van der Waals surface area contributed by atoms with E-state index in [9.17, 15) is 13.5 Å². The predicted molar refractivity (Wildman–Crippen MR) is 83.8 cm³/mol. The highest BCUT2D eigenvalue weighted by Crippen LogP contribution is 2.39. The molecule has 2 aliphatic heterocycles. The van der Waals surface area contributed by atoms with E-state index in [0.717, 1.165) is 0 Å². The highest BCUT2D eigenvalue weighted by atomic mass is 32.2. The van der Waals surface area contributed by atoms with Crippen LogP contribution < -0.4 is 5.46 Å². The van der Waals surface area contributed by atoms with Gasteiger partial charge in [-0.15, -0.1) is 0 Å². The van der Waals surface area contributed by atoms with Crippen LogP contribution in [0.3, 0.4) is 0 Å². The molecule has 1 atom stereocenters. The van der Waals surface area contributed by atoms with Crippen molar-refractivity contribution in [3.8, 4) is 0 Å². The molecule has 7 heteroatoms. The minimum atomic E-state index is -3.48. The van der Waals surface area contributed by atoms with Crippen LogP contribution in [0.1, 0.15) is 40.2 Å². The molecule has 1 aromatic rings. The van der Waals surface area contributed by atoms with Gasteiger partial charge in [0, 0.05) is 5.56 Å². The first-order chi connectivity index (χ1) is 9.86. The van der Waals surface area contributed by atoms with Gasteiger partial charge in [-0.1, -0.05) is 12.1 Å². The summed E-state index contributed by atoms with van der Waals surface area (Å²) in [5.41, 5.74) is -1.23. The van der Waals surface area contributed by atoms with Crippen molar-refractivity contribution in [1.29, 1.82) is 0 Å². The third-order valence-corrected chi connectivity index (χ3v) is 6.87. The summed E-state index contributed by atoms with van der Waals surface area (Å²) in [6.45, 7) is 9.30. The van der Waals surface area contributed by atoms with Gasteiger partial charge in [0.15, 0.2) is 9.84 Å². The molecule has 0 spiro atoms. The SMILES string of the molecule is CC1(O)CS(=O)(=O)c2cc(B3OC(C)(C)C(C)(C)O3)ccc21. The van der Waals surface area contributed by atoms with E-state index in [1.807, 2.05) is 27.7 Å². The van der Waals surface area contributed by atoms with Gasteiger partial charge in [0.25, 0.3) is 0 Å². The van der Waals surface area contributed by atoms with Gasteiger partial charge in [0.05, 0.1) is 21.9 Å². The lowest BCUT2D eigenvalue weighted by Gasteiger charge is -2.32. The zero-order chi connectivity index (χ0) is 16.6. The molecular weight excluding hydrogens is 303 g/mol. The summed E-state index contributed by atoms with van der Waals surface area (Å²) in [6, 6.07) is 4.98. The molecule has 2 heterocycles. The van der Waals surface area contributed by atoms with Crippen LogP contribution in [0, 0.1) is 0 Å². The van der Waals surface area contributed by atoms with Gasteiger partial charge >= 0.3 is 7.12 Å². The molecule has 0 saturated carbocycles. The molecule has 1 N–H and O–H groups in total. The van der Waals surface area contributed by atoms with Gasteiger partial charge < -0.3 is 14.4 Å². The van der Waals surface area contributed by atoms with Crippen LogP contribution in [0.4, 0.5) is 0 Å². The molecule has 0 bridgehead atoms. The van der Waals surface area contributed by atoms with Crippen LogP contribution in [0.2, 0.25) is 0 Å². The fourth-order valence-electron chi connectivity index (χ4n) is 2.89. The first kappa shape index (κ1) is 16.0.